The fraction of sp³-hybridized carbons (Fsp3) is 0.500. The molecule has 106 valence electrons. The minimum absolute atomic E-state index is 0.0634. The molecule has 0 saturated carbocycles. The van der Waals surface area contributed by atoms with Crippen molar-refractivity contribution in [2.75, 3.05) is 6.54 Å². The smallest absolute Gasteiger partial charge is 0.206 e. The Morgan fingerprint density at radius 3 is 2.79 bits per heavy atom. The summed E-state index contributed by atoms with van der Waals surface area (Å²) < 4.78 is 13.5. The number of aliphatic imine (C=N–C) groups is 1. The maximum absolute atomic E-state index is 13.5. The van der Waals surface area contributed by atoms with E-state index >= 15 is 0 Å². The van der Waals surface area contributed by atoms with Crippen molar-refractivity contribution < 1.29 is 4.39 Å². The van der Waals surface area contributed by atoms with Gasteiger partial charge in [0, 0.05) is 6.54 Å². The standard InChI is InChI=1S/C14H23FN4/c1-4-5-8-17-14(19-16)18-11(3)12-7-6-10(2)13(15)9-12/h6-7,9,11H,4-5,8,16H2,1-3H3,(H2,17,18,19). The Bertz CT molecular complexity index is 431. The molecule has 0 radical (unpaired) electrons. The number of rotatable bonds is 5. The van der Waals surface area contributed by atoms with Crippen molar-refractivity contribution in [3.8, 4) is 0 Å². The van der Waals surface area contributed by atoms with E-state index in [2.05, 4.69) is 22.7 Å². The molecular formula is C14H23FN4. The van der Waals surface area contributed by atoms with Crippen molar-refractivity contribution in [2.45, 2.75) is 39.7 Å². The highest BCUT2D eigenvalue weighted by atomic mass is 19.1. The molecule has 1 aromatic rings. The van der Waals surface area contributed by atoms with Gasteiger partial charge in [0.1, 0.15) is 5.82 Å². The highest BCUT2D eigenvalue weighted by Crippen LogP contribution is 2.16. The van der Waals surface area contributed by atoms with Crippen LogP contribution in [0.3, 0.4) is 0 Å². The fourth-order valence-electron chi connectivity index (χ4n) is 1.65. The molecule has 0 aliphatic carbocycles. The SMILES string of the molecule is CCCCN=C(NN)NC(C)c1ccc(C)c(F)c1. The van der Waals surface area contributed by atoms with Gasteiger partial charge in [0.05, 0.1) is 6.04 Å². The molecule has 4 nitrogen and oxygen atoms in total. The van der Waals surface area contributed by atoms with Crippen molar-refractivity contribution in [3.05, 3.63) is 35.1 Å². The second-order valence-corrected chi connectivity index (χ2v) is 4.60. The average Bonchev–Trinajstić information content (AvgIpc) is 2.40. The van der Waals surface area contributed by atoms with E-state index in [-0.39, 0.29) is 11.9 Å². The number of hydrogen-bond acceptors (Lipinski definition) is 2. The van der Waals surface area contributed by atoms with Crippen LogP contribution in [0.25, 0.3) is 0 Å². The second kappa shape index (κ2) is 7.74. The zero-order chi connectivity index (χ0) is 14.3. The van der Waals surface area contributed by atoms with Crippen molar-refractivity contribution in [1.82, 2.24) is 10.7 Å². The van der Waals surface area contributed by atoms with E-state index in [1.807, 2.05) is 13.0 Å². The Hall–Kier alpha value is -1.62. The largest absolute Gasteiger partial charge is 0.349 e. The van der Waals surface area contributed by atoms with Gasteiger partial charge in [-0.3, -0.25) is 10.4 Å². The Labute approximate surface area is 114 Å². The topological polar surface area (TPSA) is 62.4 Å². The van der Waals surface area contributed by atoms with E-state index in [1.165, 1.54) is 6.07 Å². The highest BCUT2D eigenvalue weighted by Gasteiger charge is 2.09. The number of nitrogens with one attached hydrogen (secondary N) is 2. The molecule has 0 amide bonds. The Kier molecular flexibility index (Phi) is 6.29. The minimum atomic E-state index is -0.198. The third kappa shape index (κ3) is 4.87. The van der Waals surface area contributed by atoms with Gasteiger partial charge in [0.15, 0.2) is 0 Å². The van der Waals surface area contributed by atoms with Gasteiger partial charge in [-0.25, -0.2) is 10.2 Å². The number of guanidine groups is 1. The van der Waals surface area contributed by atoms with Gasteiger partial charge in [-0.15, -0.1) is 0 Å². The second-order valence-electron chi connectivity index (χ2n) is 4.60. The molecule has 0 aromatic heterocycles. The maximum atomic E-state index is 13.5. The molecule has 0 fully saturated rings. The molecule has 1 unspecified atom stereocenters. The van der Waals surface area contributed by atoms with Gasteiger partial charge >= 0.3 is 0 Å². The van der Waals surface area contributed by atoms with Crippen LogP contribution < -0.4 is 16.6 Å². The van der Waals surface area contributed by atoms with Crippen LogP contribution in [-0.4, -0.2) is 12.5 Å². The summed E-state index contributed by atoms with van der Waals surface area (Å²) in [6, 6.07) is 5.14. The summed E-state index contributed by atoms with van der Waals surface area (Å²) in [5, 5.41) is 3.14. The monoisotopic (exact) mass is 266 g/mol. The third-order valence-corrected chi connectivity index (χ3v) is 2.97. The summed E-state index contributed by atoms with van der Waals surface area (Å²) in [7, 11) is 0. The number of hydrazine groups is 1. The Morgan fingerprint density at radius 1 is 1.47 bits per heavy atom. The maximum Gasteiger partial charge on any atom is 0.206 e. The number of benzene rings is 1. The third-order valence-electron chi connectivity index (χ3n) is 2.97. The highest BCUT2D eigenvalue weighted by molar-refractivity contribution is 5.79. The lowest BCUT2D eigenvalue weighted by molar-refractivity contribution is 0.607. The van der Waals surface area contributed by atoms with Crippen LogP contribution >= 0.6 is 0 Å². The zero-order valence-corrected chi connectivity index (χ0v) is 11.8. The first kappa shape index (κ1) is 15.4. The van der Waals surface area contributed by atoms with Gasteiger partial charge in [0.25, 0.3) is 0 Å². The van der Waals surface area contributed by atoms with E-state index in [0.29, 0.717) is 11.5 Å². The van der Waals surface area contributed by atoms with Gasteiger partial charge < -0.3 is 5.32 Å². The van der Waals surface area contributed by atoms with Crippen molar-refractivity contribution in [2.24, 2.45) is 10.8 Å². The summed E-state index contributed by atoms with van der Waals surface area (Å²) in [4.78, 5) is 4.31. The van der Waals surface area contributed by atoms with Gasteiger partial charge in [-0.1, -0.05) is 25.5 Å². The Balaban J connectivity index is 2.68. The predicted molar refractivity (Wildman–Crippen MR) is 77.2 cm³/mol. The summed E-state index contributed by atoms with van der Waals surface area (Å²) in [5.41, 5.74) is 4.04. The molecule has 0 bridgehead atoms. The van der Waals surface area contributed by atoms with Crippen LogP contribution in [0.15, 0.2) is 23.2 Å². The molecule has 0 heterocycles. The molecule has 0 aliphatic heterocycles. The number of nitrogens with zero attached hydrogens (tertiary/aromatic N) is 1. The summed E-state index contributed by atoms with van der Waals surface area (Å²) in [5.74, 6) is 5.75. The van der Waals surface area contributed by atoms with Gasteiger partial charge in [-0.05, 0) is 37.5 Å². The summed E-state index contributed by atoms with van der Waals surface area (Å²) in [6.45, 7) is 6.52. The molecule has 0 saturated heterocycles. The van der Waals surface area contributed by atoms with Gasteiger partial charge in [0.2, 0.25) is 5.96 Å². The number of nitrogens with two attached hydrogens (primary N) is 1. The number of hydrogen-bond donors (Lipinski definition) is 3. The normalized spacial score (nSPS) is 13.2. The van der Waals surface area contributed by atoms with Crippen LogP contribution in [0.5, 0.6) is 0 Å². The molecule has 4 N–H and O–H groups in total. The lowest BCUT2D eigenvalue weighted by Gasteiger charge is -2.17. The number of halogens is 1. The fourth-order valence-corrected chi connectivity index (χ4v) is 1.65. The van der Waals surface area contributed by atoms with Crippen molar-refractivity contribution >= 4 is 5.96 Å². The first-order chi connectivity index (χ1) is 9.08. The predicted octanol–water partition coefficient (Wildman–Crippen LogP) is 2.40. The minimum Gasteiger partial charge on any atom is -0.349 e. The van der Waals surface area contributed by atoms with E-state index in [0.717, 1.165) is 24.9 Å². The van der Waals surface area contributed by atoms with E-state index in [4.69, 9.17) is 5.84 Å². The number of unbranched alkanes of at least 4 members (excludes halogenated alkanes) is 1. The first-order valence-electron chi connectivity index (χ1n) is 6.62. The lowest BCUT2D eigenvalue weighted by Crippen LogP contribution is -2.42. The molecule has 19 heavy (non-hydrogen) atoms. The average molecular weight is 266 g/mol. The van der Waals surface area contributed by atoms with Crippen LogP contribution in [0.1, 0.15) is 43.9 Å². The summed E-state index contributed by atoms with van der Waals surface area (Å²) >= 11 is 0. The van der Waals surface area contributed by atoms with E-state index in [9.17, 15) is 4.39 Å². The molecular weight excluding hydrogens is 243 g/mol. The summed E-state index contributed by atoms with van der Waals surface area (Å²) in [6.07, 6.45) is 2.10. The quantitative estimate of drug-likeness (QED) is 0.252. The number of aryl methyl sites for hydroxylation is 1. The van der Waals surface area contributed by atoms with Crippen molar-refractivity contribution in [1.29, 1.82) is 0 Å². The zero-order valence-electron chi connectivity index (χ0n) is 11.8. The van der Waals surface area contributed by atoms with Gasteiger partial charge in [-0.2, -0.15) is 0 Å². The van der Waals surface area contributed by atoms with Crippen LogP contribution in [0.4, 0.5) is 4.39 Å². The molecule has 5 heteroatoms. The molecule has 0 spiro atoms. The Morgan fingerprint density at radius 2 is 2.21 bits per heavy atom. The van der Waals surface area contributed by atoms with Crippen LogP contribution in [-0.2, 0) is 0 Å². The molecule has 1 atom stereocenters. The first-order valence-corrected chi connectivity index (χ1v) is 6.62. The van der Waals surface area contributed by atoms with E-state index < -0.39 is 0 Å². The molecule has 0 aliphatic rings. The van der Waals surface area contributed by atoms with Crippen LogP contribution in [0, 0.1) is 12.7 Å². The van der Waals surface area contributed by atoms with Crippen molar-refractivity contribution in [3.63, 3.8) is 0 Å². The van der Waals surface area contributed by atoms with E-state index in [1.54, 1.807) is 13.0 Å². The molecule has 1 aromatic carbocycles. The lowest BCUT2D eigenvalue weighted by atomic mass is 10.1. The molecule has 1 rings (SSSR count). The van der Waals surface area contributed by atoms with Crippen LogP contribution in [0.2, 0.25) is 0 Å².